The van der Waals surface area contributed by atoms with Gasteiger partial charge >= 0.3 is 0 Å². The normalized spacial score (nSPS) is 16.4. The lowest BCUT2D eigenvalue weighted by atomic mass is 10.1. The molecule has 1 unspecified atom stereocenters. The van der Waals surface area contributed by atoms with Gasteiger partial charge in [-0.3, -0.25) is 0 Å². The molecule has 0 aliphatic heterocycles. The number of halogens is 2. The van der Waals surface area contributed by atoms with E-state index in [2.05, 4.69) is 15.9 Å². The maximum Gasteiger partial charge on any atom is 0.154 e. The van der Waals surface area contributed by atoms with Crippen molar-refractivity contribution in [3.05, 3.63) is 20.8 Å². The van der Waals surface area contributed by atoms with Crippen LogP contribution in [0.15, 0.2) is 15.9 Å². The Morgan fingerprint density at radius 1 is 1.73 bits per heavy atom. The van der Waals surface area contributed by atoms with Crippen LogP contribution in [0.4, 0.5) is 4.39 Å². The highest BCUT2D eigenvalue weighted by atomic mass is 79.9. The van der Waals surface area contributed by atoms with Gasteiger partial charge in [-0.25, -0.2) is 4.39 Å². The SMILES string of the molecule is CC(F)(CN)c1ccc(Br)s1. The molecule has 4 heteroatoms. The third-order valence-corrected chi connectivity index (χ3v) is 3.33. The van der Waals surface area contributed by atoms with Crippen molar-refractivity contribution >= 4 is 27.3 Å². The van der Waals surface area contributed by atoms with Crippen molar-refractivity contribution in [3.63, 3.8) is 0 Å². The lowest BCUT2D eigenvalue weighted by Crippen LogP contribution is -2.25. The van der Waals surface area contributed by atoms with Gasteiger partial charge in [-0.2, -0.15) is 0 Å². The monoisotopic (exact) mass is 237 g/mol. The molecule has 1 atom stereocenters. The van der Waals surface area contributed by atoms with Gasteiger partial charge < -0.3 is 5.73 Å². The van der Waals surface area contributed by atoms with Crippen molar-refractivity contribution in [2.45, 2.75) is 12.6 Å². The molecule has 0 bridgehead atoms. The molecule has 0 aliphatic carbocycles. The molecule has 1 nitrogen and oxygen atoms in total. The minimum absolute atomic E-state index is 0.0277. The number of alkyl halides is 1. The maximum absolute atomic E-state index is 13.4. The van der Waals surface area contributed by atoms with Gasteiger partial charge in [0.25, 0.3) is 0 Å². The fourth-order valence-corrected chi connectivity index (χ4v) is 2.13. The van der Waals surface area contributed by atoms with Crippen molar-refractivity contribution in [3.8, 4) is 0 Å². The zero-order chi connectivity index (χ0) is 8.48. The Bertz CT molecular complexity index is 246. The minimum atomic E-state index is -1.38. The van der Waals surface area contributed by atoms with Crippen LogP contribution in [-0.2, 0) is 5.67 Å². The summed E-state index contributed by atoms with van der Waals surface area (Å²) in [5, 5.41) is 0. The van der Waals surface area contributed by atoms with E-state index in [1.807, 2.05) is 6.07 Å². The molecular weight excluding hydrogens is 229 g/mol. The van der Waals surface area contributed by atoms with E-state index in [0.717, 1.165) is 3.79 Å². The molecule has 62 valence electrons. The molecule has 0 saturated carbocycles. The van der Waals surface area contributed by atoms with Crippen LogP contribution in [0.25, 0.3) is 0 Å². The first kappa shape index (κ1) is 9.16. The van der Waals surface area contributed by atoms with E-state index in [1.165, 1.54) is 18.3 Å². The Morgan fingerprint density at radius 2 is 2.36 bits per heavy atom. The lowest BCUT2D eigenvalue weighted by molar-refractivity contribution is 0.209. The van der Waals surface area contributed by atoms with E-state index >= 15 is 0 Å². The fraction of sp³-hybridized carbons (Fsp3) is 0.429. The molecule has 1 rings (SSSR count). The van der Waals surface area contributed by atoms with Crippen molar-refractivity contribution in [1.29, 1.82) is 0 Å². The second-order valence-corrected chi connectivity index (χ2v) is 4.97. The molecule has 0 aromatic carbocycles. The van der Waals surface area contributed by atoms with Crippen LogP contribution >= 0.6 is 27.3 Å². The first-order valence-electron chi connectivity index (χ1n) is 3.21. The predicted octanol–water partition coefficient (Wildman–Crippen LogP) is 2.65. The predicted molar refractivity (Wildman–Crippen MR) is 49.5 cm³/mol. The van der Waals surface area contributed by atoms with Crippen molar-refractivity contribution in [2.24, 2.45) is 5.73 Å². The third kappa shape index (κ3) is 2.01. The van der Waals surface area contributed by atoms with Crippen LogP contribution < -0.4 is 5.73 Å². The summed E-state index contributed by atoms with van der Waals surface area (Å²) >= 11 is 4.65. The van der Waals surface area contributed by atoms with Gasteiger partial charge in [0.05, 0.1) is 3.79 Å². The third-order valence-electron chi connectivity index (χ3n) is 1.47. The summed E-state index contributed by atoms with van der Waals surface area (Å²) in [6.07, 6.45) is 0. The average Bonchev–Trinajstić information content (AvgIpc) is 2.36. The first-order chi connectivity index (χ1) is 5.06. The molecule has 1 aromatic rings. The van der Waals surface area contributed by atoms with Gasteiger partial charge in [0.1, 0.15) is 0 Å². The summed E-state index contributed by atoms with van der Waals surface area (Å²) in [4.78, 5) is 0.673. The van der Waals surface area contributed by atoms with Gasteiger partial charge in [0, 0.05) is 11.4 Å². The summed E-state index contributed by atoms with van der Waals surface area (Å²) < 4.78 is 14.4. The quantitative estimate of drug-likeness (QED) is 0.842. The number of hydrogen-bond donors (Lipinski definition) is 1. The summed E-state index contributed by atoms with van der Waals surface area (Å²) in [6, 6.07) is 3.58. The van der Waals surface area contributed by atoms with E-state index in [0.29, 0.717) is 4.88 Å². The topological polar surface area (TPSA) is 26.0 Å². The van der Waals surface area contributed by atoms with Crippen LogP contribution in [0.5, 0.6) is 0 Å². The molecule has 0 saturated heterocycles. The van der Waals surface area contributed by atoms with Gasteiger partial charge in [0.15, 0.2) is 5.67 Å². The fourth-order valence-electron chi connectivity index (χ4n) is 0.695. The number of rotatable bonds is 2. The molecule has 1 heterocycles. The maximum atomic E-state index is 13.4. The van der Waals surface area contributed by atoms with E-state index in [9.17, 15) is 4.39 Å². The van der Waals surface area contributed by atoms with Crippen molar-refractivity contribution in [1.82, 2.24) is 0 Å². The van der Waals surface area contributed by atoms with Crippen LogP contribution in [0.3, 0.4) is 0 Å². The van der Waals surface area contributed by atoms with Crippen LogP contribution in [0.1, 0.15) is 11.8 Å². The molecule has 0 radical (unpaired) electrons. The standard InChI is InChI=1S/C7H9BrFNS/c1-7(9,4-10)5-2-3-6(8)11-5/h2-3H,4,10H2,1H3. The highest BCUT2D eigenvalue weighted by molar-refractivity contribution is 9.11. The number of hydrogen-bond acceptors (Lipinski definition) is 2. The van der Waals surface area contributed by atoms with E-state index in [4.69, 9.17) is 5.73 Å². The van der Waals surface area contributed by atoms with Crippen LogP contribution in [0, 0.1) is 0 Å². The zero-order valence-electron chi connectivity index (χ0n) is 6.10. The number of nitrogens with two attached hydrogens (primary N) is 1. The van der Waals surface area contributed by atoms with Crippen molar-refractivity contribution < 1.29 is 4.39 Å². The van der Waals surface area contributed by atoms with Gasteiger partial charge in [-0.1, -0.05) is 0 Å². The Hall–Kier alpha value is 0.0700. The second-order valence-electron chi connectivity index (χ2n) is 2.51. The Labute approximate surface area is 77.5 Å². The Kier molecular flexibility index (Phi) is 2.67. The molecule has 0 amide bonds. The summed E-state index contributed by atoms with van der Waals surface area (Å²) in [7, 11) is 0. The largest absolute Gasteiger partial charge is 0.327 e. The van der Waals surface area contributed by atoms with Gasteiger partial charge in [-0.15, -0.1) is 11.3 Å². The average molecular weight is 238 g/mol. The highest BCUT2D eigenvalue weighted by Gasteiger charge is 2.25. The molecule has 0 fully saturated rings. The molecule has 0 spiro atoms. The second kappa shape index (κ2) is 3.21. The molecular formula is C7H9BrFNS. The molecule has 1 aromatic heterocycles. The van der Waals surface area contributed by atoms with E-state index in [-0.39, 0.29) is 6.54 Å². The number of thiophene rings is 1. The van der Waals surface area contributed by atoms with Crippen molar-refractivity contribution in [2.75, 3.05) is 6.54 Å². The lowest BCUT2D eigenvalue weighted by Gasteiger charge is -2.14. The molecule has 11 heavy (non-hydrogen) atoms. The molecule has 0 aliphatic rings. The minimum Gasteiger partial charge on any atom is -0.327 e. The smallest absolute Gasteiger partial charge is 0.154 e. The highest BCUT2D eigenvalue weighted by Crippen LogP contribution is 2.32. The summed E-state index contributed by atoms with van der Waals surface area (Å²) in [6.45, 7) is 1.52. The van der Waals surface area contributed by atoms with E-state index in [1.54, 1.807) is 6.07 Å². The van der Waals surface area contributed by atoms with Crippen LogP contribution in [0.2, 0.25) is 0 Å². The Morgan fingerprint density at radius 3 is 2.73 bits per heavy atom. The van der Waals surface area contributed by atoms with Crippen LogP contribution in [-0.4, -0.2) is 6.54 Å². The van der Waals surface area contributed by atoms with Gasteiger partial charge in [-0.05, 0) is 35.0 Å². The zero-order valence-corrected chi connectivity index (χ0v) is 8.51. The Balaban J connectivity index is 2.92. The summed E-state index contributed by atoms with van der Waals surface area (Å²) in [5.41, 5.74) is 3.89. The summed E-state index contributed by atoms with van der Waals surface area (Å²) in [5.74, 6) is 0. The molecule has 2 N–H and O–H groups in total. The van der Waals surface area contributed by atoms with E-state index < -0.39 is 5.67 Å². The van der Waals surface area contributed by atoms with Gasteiger partial charge in [0.2, 0.25) is 0 Å². The first-order valence-corrected chi connectivity index (χ1v) is 4.82.